The molecule has 4 nitrogen and oxygen atoms in total. The number of hydrogen-bond donors (Lipinski definition) is 1. The van der Waals surface area contributed by atoms with Crippen molar-refractivity contribution >= 4 is 17.8 Å². The molecule has 0 spiro atoms. The molecule has 1 aromatic carbocycles. The van der Waals surface area contributed by atoms with Gasteiger partial charge in [-0.25, -0.2) is 4.79 Å². The van der Waals surface area contributed by atoms with Gasteiger partial charge in [-0.15, -0.1) is 0 Å². The maximum absolute atomic E-state index is 11.3. The predicted octanol–water partition coefficient (Wildman–Crippen LogP) is 2.05. The third kappa shape index (κ3) is 2.98. The van der Waals surface area contributed by atoms with Gasteiger partial charge in [0.05, 0.1) is 6.61 Å². The molecule has 1 N–H and O–H groups in total. The van der Waals surface area contributed by atoms with E-state index in [0.717, 1.165) is 0 Å². The van der Waals surface area contributed by atoms with E-state index in [1.54, 1.807) is 18.2 Å². The van der Waals surface area contributed by atoms with Gasteiger partial charge in [0.2, 0.25) is 0 Å². The van der Waals surface area contributed by atoms with Crippen LogP contribution in [0.2, 0.25) is 0 Å². The largest absolute Gasteiger partial charge is 0.489 e. The highest BCUT2D eigenvalue weighted by Gasteiger charge is 2.14. The van der Waals surface area contributed by atoms with Crippen LogP contribution in [-0.4, -0.2) is 17.7 Å². The topological polar surface area (TPSA) is 55.8 Å². The molecule has 0 aliphatic heterocycles. The fourth-order valence-electron chi connectivity index (χ4n) is 1.14. The van der Waals surface area contributed by atoms with Gasteiger partial charge >= 0.3 is 5.97 Å². The summed E-state index contributed by atoms with van der Waals surface area (Å²) in [4.78, 5) is 11.3. The molecule has 0 saturated heterocycles. The van der Waals surface area contributed by atoms with Crippen molar-refractivity contribution in [2.24, 2.45) is 0 Å². The van der Waals surface area contributed by atoms with E-state index in [1.807, 2.05) is 0 Å². The van der Waals surface area contributed by atoms with Crippen molar-refractivity contribution in [2.45, 2.75) is 6.61 Å². The molecule has 0 fully saturated rings. The molecule has 0 amide bonds. The Kier molecular flexibility index (Phi) is 4.82. The molecule has 0 unspecified atom stereocenters. The number of carbonyl (C=O) groups is 1. The zero-order chi connectivity index (χ0) is 12.0. The smallest absolute Gasteiger partial charge is 0.360 e. The Bertz CT molecular complexity index is 390. The second-order valence-corrected chi connectivity index (χ2v) is 3.11. The van der Waals surface area contributed by atoms with Gasteiger partial charge in [0.15, 0.2) is 0 Å². The minimum atomic E-state index is -0.704. The average molecular weight is 243 g/mol. The van der Waals surface area contributed by atoms with Crippen LogP contribution < -0.4 is 4.74 Å². The van der Waals surface area contributed by atoms with Crippen LogP contribution in [0.4, 0.5) is 0 Å². The lowest BCUT2D eigenvalue weighted by Crippen LogP contribution is -2.04. The zero-order valence-corrected chi connectivity index (χ0v) is 9.24. The van der Waals surface area contributed by atoms with Crippen molar-refractivity contribution in [2.75, 3.05) is 6.61 Å². The molecular formula is C11H11ClO4. The highest BCUT2D eigenvalue weighted by Crippen LogP contribution is 2.22. The highest BCUT2D eigenvalue weighted by atomic mass is 35.5. The second kappa shape index (κ2) is 6.15. The summed E-state index contributed by atoms with van der Waals surface area (Å²) >= 11 is 4.99. The van der Waals surface area contributed by atoms with Crippen molar-refractivity contribution in [3.05, 3.63) is 42.0 Å². The van der Waals surface area contributed by atoms with Crippen molar-refractivity contribution in [3.63, 3.8) is 0 Å². The van der Waals surface area contributed by atoms with E-state index >= 15 is 0 Å². The van der Waals surface area contributed by atoms with Crippen molar-refractivity contribution in [1.82, 2.24) is 0 Å². The lowest BCUT2D eigenvalue weighted by atomic mass is 10.1. The Hall–Kier alpha value is -1.52. The molecule has 1 rings (SSSR count). The van der Waals surface area contributed by atoms with Crippen LogP contribution in [0.5, 0.6) is 5.75 Å². The number of carbonyl (C=O) groups excluding carboxylic acids is 1. The minimum Gasteiger partial charge on any atom is -0.489 e. The average Bonchev–Trinajstić information content (AvgIpc) is 2.34. The first-order chi connectivity index (χ1) is 7.72. The summed E-state index contributed by atoms with van der Waals surface area (Å²) in [5.74, 6) is -0.401. The van der Waals surface area contributed by atoms with E-state index in [1.165, 1.54) is 6.07 Å². The van der Waals surface area contributed by atoms with Crippen LogP contribution in [-0.2, 0) is 10.9 Å². The first kappa shape index (κ1) is 12.5. The Labute approximate surface area is 98.2 Å². The normalized spacial score (nSPS) is 9.62. The van der Waals surface area contributed by atoms with Gasteiger partial charge in [-0.05, 0) is 17.7 Å². The van der Waals surface area contributed by atoms with E-state index in [0.29, 0.717) is 11.3 Å². The van der Waals surface area contributed by atoms with Crippen LogP contribution in [0, 0.1) is 0 Å². The monoisotopic (exact) mass is 242 g/mol. The number of benzene rings is 1. The van der Waals surface area contributed by atoms with Gasteiger partial charge < -0.3 is 14.1 Å². The first-order valence-electron chi connectivity index (χ1n) is 4.53. The molecule has 5 heteroatoms. The fourth-order valence-corrected chi connectivity index (χ4v) is 1.23. The lowest BCUT2D eigenvalue weighted by molar-refractivity contribution is 0.0747. The summed E-state index contributed by atoms with van der Waals surface area (Å²) in [6, 6.07) is 4.62. The number of hydrogen-bond acceptors (Lipinski definition) is 4. The van der Waals surface area contributed by atoms with Crippen LogP contribution in [0.25, 0.3) is 0 Å². The van der Waals surface area contributed by atoms with Gasteiger partial charge in [0.25, 0.3) is 0 Å². The molecule has 0 atom stereocenters. The molecule has 0 aliphatic rings. The van der Waals surface area contributed by atoms with Crippen LogP contribution in [0.1, 0.15) is 15.9 Å². The second-order valence-electron chi connectivity index (χ2n) is 2.95. The third-order valence-electron chi connectivity index (χ3n) is 1.88. The SMILES string of the molecule is C=CCOc1cc(CO)ccc1C(=O)OCl. The summed E-state index contributed by atoms with van der Waals surface area (Å²) in [6.07, 6.45) is 1.54. The number of aliphatic hydroxyl groups excluding tert-OH is 1. The van der Waals surface area contributed by atoms with Gasteiger partial charge in [0, 0.05) is 0 Å². The van der Waals surface area contributed by atoms with E-state index in [9.17, 15) is 4.79 Å². The third-order valence-corrected chi connectivity index (χ3v) is 2.02. The Morgan fingerprint density at radius 3 is 2.88 bits per heavy atom. The summed E-state index contributed by atoms with van der Waals surface area (Å²) in [6.45, 7) is 3.61. The van der Waals surface area contributed by atoms with Crippen LogP contribution in [0.3, 0.4) is 0 Å². The zero-order valence-electron chi connectivity index (χ0n) is 8.48. The molecule has 1 aromatic rings. The predicted molar refractivity (Wildman–Crippen MR) is 59.3 cm³/mol. The summed E-state index contributed by atoms with van der Waals surface area (Å²) < 4.78 is 9.36. The summed E-state index contributed by atoms with van der Waals surface area (Å²) in [7, 11) is 0. The molecule has 0 heterocycles. The summed E-state index contributed by atoms with van der Waals surface area (Å²) in [5.41, 5.74) is 0.833. The minimum absolute atomic E-state index is 0.138. The number of rotatable bonds is 5. The van der Waals surface area contributed by atoms with Crippen molar-refractivity contribution in [3.8, 4) is 5.75 Å². The summed E-state index contributed by atoms with van der Waals surface area (Å²) in [5, 5.41) is 8.96. The maximum atomic E-state index is 11.3. The lowest BCUT2D eigenvalue weighted by Gasteiger charge is -2.09. The number of halogens is 1. The Balaban J connectivity index is 3.05. The molecule has 0 saturated carbocycles. The van der Waals surface area contributed by atoms with Crippen molar-refractivity contribution < 1.29 is 18.9 Å². The molecule has 0 radical (unpaired) electrons. The highest BCUT2D eigenvalue weighted by molar-refractivity contribution is 6.16. The molecule has 0 aromatic heterocycles. The van der Waals surface area contributed by atoms with E-state index in [-0.39, 0.29) is 18.8 Å². The standard InChI is InChI=1S/C11H11ClO4/c1-2-5-15-10-6-8(7-13)3-4-9(10)11(14)16-12/h2-4,6,13H,1,5,7H2. The van der Waals surface area contributed by atoms with Gasteiger partial charge in [0.1, 0.15) is 29.8 Å². The molecule has 0 bridgehead atoms. The van der Waals surface area contributed by atoms with Gasteiger partial charge in [-0.3, -0.25) is 0 Å². The molecule has 86 valence electrons. The van der Waals surface area contributed by atoms with Crippen LogP contribution in [0.15, 0.2) is 30.9 Å². The Morgan fingerprint density at radius 1 is 1.56 bits per heavy atom. The van der Waals surface area contributed by atoms with E-state index in [2.05, 4.69) is 10.9 Å². The molecule has 16 heavy (non-hydrogen) atoms. The van der Waals surface area contributed by atoms with E-state index < -0.39 is 5.97 Å². The quantitative estimate of drug-likeness (QED) is 0.803. The number of aliphatic hydroxyl groups is 1. The fraction of sp³-hybridized carbons (Fsp3) is 0.182. The Morgan fingerprint density at radius 2 is 2.31 bits per heavy atom. The van der Waals surface area contributed by atoms with E-state index in [4.69, 9.17) is 21.7 Å². The molecule has 0 aliphatic carbocycles. The van der Waals surface area contributed by atoms with Gasteiger partial charge in [-0.2, -0.15) is 0 Å². The van der Waals surface area contributed by atoms with Crippen LogP contribution >= 0.6 is 11.9 Å². The van der Waals surface area contributed by atoms with Gasteiger partial charge in [-0.1, -0.05) is 18.7 Å². The maximum Gasteiger partial charge on any atom is 0.360 e. The molecular weight excluding hydrogens is 232 g/mol. The van der Waals surface area contributed by atoms with Crippen molar-refractivity contribution in [1.29, 1.82) is 0 Å². The first-order valence-corrected chi connectivity index (χ1v) is 4.84. The number of ether oxygens (including phenoxy) is 1.